The summed E-state index contributed by atoms with van der Waals surface area (Å²) in [7, 11) is 0. The Labute approximate surface area is 125 Å². The molecule has 4 rings (SSSR count). The van der Waals surface area contributed by atoms with Crippen LogP contribution in [0, 0.1) is 11.8 Å². The van der Waals surface area contributed by atoms with Gasteiger partial charge in [0.1, 0.15) is 5.50 Å². The van der Waals surface area contributed by atoms with Gasteiger partial charge in [0.25, 0.3) is 0 Å². The van der Waals surface area contributed by atoms with Crippen molar-refractivity contribution < 1.29 is 0 Å². The Bertz CT molecular complexity index is 331. The smallest absolute Gasteiger partial charge is 0.136 e. The van der Waals surface area contributed by atoms with Gasteiger partial charge in [0, 0.05) is 19.0 Å². The molecule has 4 aliphatic heterocycles. The Hall–Kier alpha value is 0.110. The molecule has 4 saturated heterocycles. The molecule has 114 valence electrons. The first-order chi connectivity index (χ1) is 9.92. The molecule has 0 aromatic heterocycles. The Kier molecular flexibility index (Phi) is 4.18. The SMILES string of the molecule is C1CNCC(C2NN3C(NNC3C3CCCNC3)S2)C1. The van der Waals surface area contributed by atoms with E-state index in [9.17, 15) is 0 Å². The fourth-order valence-corrected chi connectivity index (χ4v) is 5.23. The highest BCUT2D eigenvalue weighted by molar-refractivity contribution is 8.00. The molecule has 4 heterocycles. The number of thioether (sulfide) groups is 1. The molecule has 4 fully saturated rings. The summed E-state index contributed by atoms with van der Waals surface area (Å²) >= 11 is 2.04. The van der Waals surface area contributed by atoms with Gasteiger partial charge in [-0.25, -0.2) is 16.3 Å². The van der Waals surface area contributed by atoms with Crippen molar-refractivity contribution in [3.05, 3.63) is 0 Å². The minimum atomic E-state index is 0.383. The van der Waals surface area contributed by atoms with E-state index in [1.54, 1.807) is 0 Å². The van der Waals surface area contributed by atoms with E-state index < -0.39 is 0 Å². The molecular formula is C13H26N6S. The molecule has 0 amide bonds. The van der Waals surface area contributed by atoms with E-state index in [4.69, 9.17) is 0 Å². The van der Waals surface area contributed by atoms with Gasteiger partial charge in [-0.2, -0.15) is 5.01 Å². The van der Waals surface area contributed by atoms with Gasteiger partial charge in [0.2, 0.25) is 0 Å². The van der Waals surface area contributed by atoms with Crippen molar-refractivity contribution in [2.45, 2.75) is 42.7 Å². The maximum atomic E-state index is 3.77. The van der Waals surface area contributed by atoms with Crippen LogP contribution in [0.2, 0.25) is 0 Å². The molecule has 7 heteroatoms. The van der Waals surface area contributed by atoms with Crippen LogP contribution in [-0.4, -0.2) is 48.2 Å². The number of nitrogens with zero attached hydrogens (tertiary/aromatic N) is 1. The van der Waals surface area contributed by atoms with Crippen molar-refractivity contribution >= 4 is 11.8 Å². The second kappa shape index (κ2) is 6.08. The first-order valence-corrected chi connectivity index (χ1v) is 8.98. The molecule has 5 unspecified atom stereocenters. The first kappa shape index (κ1) is 13.8. The van der Waals surface area contributed by atoms with Crippen LogP contribution in [0.1, 0.15) is 25.7 Å². The summed E-state index contributed by atoms with van der Waals surface area (Å²) in [6, 6.07) is 0. The predicted molar refractivity (Wildman–Crippen MR) is 81.4 cm³/mol. The highest BCUT2D eigenvalue weighted by Crippen LogP contribution is 2.36. The summed E-state index contributed by atoms with van der Waals surface area (Å²) in [6.07, 6.45) is 5.70. The summed E-state index contributed by atoms with van der Waals surface area (Å²) in [6.45, 7) is 4.66. The topological polar surface area (TPSA) is 63.4 Å². The second-order valence-corrected chi connectivity index (χ2v) is 7.62. The first-order valence-electron chi connectivity index (χ1n) is 8.04. The Morgan fingerprint density at radius 1 is 0.900 bits per heavy atom. The van der Waals surface area contributed by atoms with Gasteiger partial charge in [-0.15, -0.1) is 11.8 Å². The summed E-state index contributed by atoms with van der Waals surface area (Å²) < 4.78 is 0. The van der Waals surface area contributed by atoms with E-state index in [1.165, 1.54) is 38.8 Å². The Morgan fingerprint density at radius 3 is 2.35 bits per heavy atom. The average molecular weight is 298 g/mol. The van der Waals surface area contributed by atoms with Crippen LogP contribution in [0.5, 0.6) is 0 Å². The predicted octanol–water partition coefficient (Wildman–Crippen LogP) is -0.417. The van der Waals surface area contributed by atoms with Crippen LogP contribution in [0.25, 0.3) is 0 Å². The van der Waals surface area contributed by atoms with Crippen LogP contribution in [0.15, 0.2) is 0 Å². The number of nitrogens with one attached hydrogen (secondary N) is 5. The molecule has 20 heavy (non-hydrogen) atoms. The Morgan fingerprint density at radius 2 is 1.65 bits per heavy atom. The van der Waals surface area contributed by atoms with Crippen LogP contribution in [0.4, 0.5) is 0 Å². The van der Waals surface area contributed by atoms with E-state index in [-0.39, 0.29) is 0 Å². The van der Waals surface area contributed by atoms with Crippen molar-refractivity contribution in [3.8, 4) is 0 Å². The summed E-state index contributed by atoms with van der Waals surface area (Å²) in [5.41, 5.74) is 11.1. The Balaban J connectivity index is 1.38. The lowest BCUT2D eigenvalue weighted by Crippen LogP contribution is -2.54. The molecule has 0 saturated carbocycles. The summed E-state index contributed by atoms with van der Waals surface area (Å²) in [4.78, 5) is 0. The normalized spacial score (nSPS) is 46.5. The largest absolute Gasteiger partial charge is 0.316 e. The third kappa shape index (κ3) is 2.61. The number of hydrogen-bond acceptors (Lipinski definition) is 7. The van der Waals surface area contributed by atoms with Crippen molar-refractivity contribution in [2.24, 2.45) is 11.8 Å². The zero-order chi connectivity index (χ0) is 13.4. The third-order valence-corrected chi connectivity index (χ3v) is 6.39. The van der Waals surface area contributed by atoms with Crippen molar-refractivity contribution in [1.82, 2.24) is 31.9 Å². The van der Waals surface area contributed by atoms with Gasteiger partial charge in [-0.3, -0.25) is 0 Å². The second-order valence-electron chi connectivity index (χ2n) is 6.39. The minimum Gasteiger partial charge on any atom is -0.316 e. The van der Waals surface area contributed by atoms with E-state index >= 15 is 0 Å². The van der Waals surface area contributed by atoms with Crippen LogP contribution >= 0.6 is 11.8 Å². The lowest BCUT2D eigenvalue weighted by molar-refractivity contribution is 0.0889. The minimum absolute atomic E-state index is 0.383. The lowest BCUT2D eigenvalue weighted by Gasteiger charge is -2.34. The van der Waals surface area contributed by atoms with Crippen LogP contribution in [0.3, 0.4) is 0 Å². The summed E-state index contributed by atoms with van der Waals surface area (Å²) in [5.74, 6) is 1.45. The van der Waals surface area contributed by atoms with Crippen LogP contribution in [-0.2, 0) is 0 Å². The number of hydrazine groups is 2. The molecule has 6 nitrogen and oxygen atoms in total. The number of fused-ring (bicyclic) bond motifs is 1. The van der Waals surface area contributed by atoms with E-state index in [1.807, 2.05) is 11.8 Å². The number of piperidine rings is 2. The van der Waals surface area contributed by atoms with Crippen LogP contribution < -0.4 is 26.9 Å². The fourth-order valence-electron chi connectivity index (χ4n) is 3.85. The molecule has 0 bridgehead atoms. The maximum absolute atomic E-state index is 3.77. The monoisotopic (exact) mass is 298 g/mol. The zero-order valence-electron chi connectivity index (χ0n) is 11.9. The average Bonchev–Trinajstić information content (AvgIpc) is 3.09. The lowest BCUT2D eigenvalue weighted by atomic mass is 9.96. The maximum Gasteiger partial charge on any atom is 0.136 e. The van der Waals surface area contributed by atoms with E-state index in [0.29, 0.717) is 23.0 Å². The van der Waals surface area contributed by atoms with Gasteiger partial charge < -0.3 is 10.6 Å². The molecular weight excluding hydrogens is 272 g/mol. The van der Waals surface area contributed by atoms with E-state index in [2.05, 4.69) is 31.9 Å². The molecule has 0 aliphatic carbocycles. The standard InChI is InChI=1S/C13H26N6S/c1-3-9(7-14-5-1)11-16-17-13-19(11)18-12(20-13)10-4-2-6-15-8-10/h9-18H,1-8H2. The zero-order valence-corrected chi connectivity index (χ0v) is 12.7. The summed E-state index contributed by atoms with van der Waals surface area (Å²) in [5, 5.41) is 10.1. The van der Waals surface area contributed by atoms with Gasteiger partial charge >= 0.3 is 0 Å². The quantitative estimate of drug-likeness (QED) is 0.475. The van der Waals surface area contributed by atoms with Gasteiger partial charge in [0.05, 0.1) is 11.5 Å². The molecule has 5 atom stereocenters. The highest BCUT2D eigenvalue weighted by atomic mass is 32.2. The fraction of sp³-hybridized carbons (Fsp3) is 1.00. The van der Waals surface area contributed by atoms with Crippen molar-refractivity contribution in [3.63, 3.8) is 0 Å². The van der Waals surface area contributed by atoms with Crippen molar-refractivity contribution in [1.29, 1.82) is 0 Å². The number of hydrogen-bond donors (Lipinski definition) is 5. The molecule has 0 spiro atoms. The molecule has 4 aliphatic rings. The molecule has 0 aromatic rings. The van der Waals surface area contributed by atoms with Gasteiger partial charge in [-0.1, -0.05) is 0 Å². The van der Waals surface area contributed by atoms with E-state index in [0.717, 1.165) is 19.0 Å². The molecule has 0 aromatic carbocycles. The van der Waals surface area contributed by atoms with Gasteiger partial charge in [0.15, 0.2) is 0 Å². The highest BCUT2D eigenvalue weighted by Gasteiger charge is 2.46. The van der Waals surface area contributed by atoms with Crippen molar-refractivity contribution in [2.75, 3.05) is 26.2 Å². The third-order valence-electron chi connectivity index (χ3n) is 5.00. The molecule has 5 N–H and O–H groups in total. The number of rotatable bonds is 2. The molecule has 0 radical (unpaired) electrons. The van der Waals surface area contributed by atoms with Gasteiger partial charge in [-0.05, 0) is 44.7 Å².